The average Bonchev–Trinajstić information content (AvgIpc) is 2.21. The van der Waals surface area contributed by atoms with Crippen LogP contribution in [0, 0.1) is 23.7 Å². The van der Waals surface area contributed by atoms with Crippen molar-refractivity contribution >= 4 is 11.8 Å². The van der Waals surface area contributed by atoms with Crippen LogP contribution in [0.5, 0.6) is 0 Å². The van der Waals surface area contributed by atoms with Crippen LogP contribution in [0.15, 0.2) is 12.2 Å². The van der Waals surface area contributed by atoms with Crippen LogP contribution in [0.2, 0.25) is 0 Å². The van der Waals surface area contributed by atoms with Gasteiger partial charge in [0.15, 0.2) is 0 Å². The molecule has 2 heteroatoms. The van der Waals surface area contributed by atoms with Crippen LogP contribution in [0.3, 0.4) is 0 Å². The fourth-order valence-corrected chi connectivity index (χ4v) is 2.58. The highest BCUT2D eigenvalue weighted by Gasteiger charge is 2.25. The maximum absolute atomic E-state index is 10.2. The standard InChI is InChI=1S/C15H26OS/c1-12(2)7-9-15(6,16)14(5)11-17-10-8-13(3)4/h13-14,16H,1,8,10-11H2,2-6H3. The molecule has 0 aromatic heterocycles. The van der Waals surface area contributed by atoms with Gasteiger partial charge >= 0.3 is 0 Å². The molecule has 0 aliphatic carbocycles. The van der Waals surface area contributed by atoms with Gasteiger partial charge in [-0.25, -0.2) is 0 Å². The van der Waals surface area contributed by atoms with E-state index in [1.807, 2.05) is 18.7 Å². The molecule has 0 aliphatic heterocycles. The molecule has 0 aliphatic rings. The van der Waals surface area contributed by atoms with Crippen LogP contribution in [0.4, 0.5) is 0 Å². The molecule has 0 aromatic carbocycles. The first-order valence-electron chi connectivity index (χ1n) is 6.24. The first kappa shape index (κ1) is 16.6. The van der Waals surface area contributed by atoms with E-state index in [1.54, 1.807) is 6.92 Å². The van der Waals surface area contributed by atoms with Crippen molar-refractivity contribution in [1.29, 1.82) is 0 Å². The molecule has 0 radical (unpaired) electrons. The molecule has 0 saturated carbocycles. The molecule has 0 bridgehead atoms. The fraction of sp³-hybridized carbons (Fsp3) is 0.733. The Hall–Kier alpha value is -0.390. The second kappa shape index (κ2) is 7.84. The lowest BCUT2D eigenvalue weighted by Crippen LogP contribution is -2.32. The summed E-state index contributed by atoms with van der Waals surface area (Å²) in [5.74, 6) is 8.80. The third kappa shape index (κ3) is 8.35. The number of aliphatic hydroxyl groups is 1. The van der Waals surface area contributed by atoms with Gasteiger partial charge in [-0.3, -0.25) is 0 Å². The van der Waals surface area contributed by atoms with E-state index >= 15 is 0 Å². The topological polar surface area (TPSA) is 20.2 Å². The third-order valence-electron chi connectivity index (χ3n) is 2.70. The Morgan fingerprint density at radius 2 is 2.00 bits per heavy atom. The molecule has 0 amide bonds. The third-order valence-corrected chi connectivity index (χ3v) is 3.96. The summed E-state index contributed by atoms with van der Waals surface area (Å²) in [5.41, 5.74) is -0.117. The van der Waals surface area contributed by atoms with Gasteiger partial charge in [0.1, 0.15) is 5.60 Å². The average molecular weight is 254 g/mol. The minimum Gasteiger partial charge on any atom is -0.378 e. The minimum absolute atomic E-state index is 0.173. The van der Waals surface area contributed by atoms with E-state index in [0.717, 1.165) is 23.0 Å². The number of hydrogen-bond acceptors (Lipinski definition) is 2. The summed E-state index contributed by atoms with van der Waals surface area (Å²) in [4.78, 5) is 0. The lowest BCUT2D eigenvalue weighted by Gasteiger charge is -2.24. The molecule has 2 unspecified atom stereocenters. The number of thioether (sulfide) groups is 1. The van der Waals surface area contributed by atoms with Gasteiger partial charge in [0, 0.05) is 5.92 Å². The second-order valence-corrected chi connectivity index (χ2v) is 6.49. The Morgan fingerprint density at radius 1 is 1.41 bits per heavy atom. The van der Waals surface area contributed by atoms with Crippen molar-refractivity contribution in [2.45, 2.75) is 46.6 Å². The molecule has 0 saturated heterocycles. The summed E-state index contributed by atoms with van der Waals surface area (Å²) in [7, 11) is 0. The summed E-state index contributed by atoms with van der Waals surface area (Å²) < 4.78 is 0. The lowest BCUT2D eigenvalue weighted by atomic mass is 9.93. The van der Waals surface area contributed by atoms with Crippen LogP contribution in [0.1, 0.15) is 41.0 Å². The molecule has 1 nitrogen and oxygen atoms in total. The Bertz CT molecular complexity index is 294. The normalized spacial score (nSPS) is 15.9. The molecule has 2 atom stereocenters. The minimum atomic E-state index is -0.913. The van der Waals surface area contributed by atoms with E-state index < -0.39 is 5.60 Å². The summed E-state index contributed by atoms with van der Waals surface area (Å²) in [6.45, 7) is 13.9. The number of rotatable bonds is 6. The van der Waals surface area contributed by atoms with Crippen molar-refractivity contribution < 1.29 is 5.11 Å². The van der Waals surface area contributed by atoms with Crippen LogP contribution in [0.25, 0.3) is 0 Å². The summed E-state index contributed by atoms with van der Waals surface area (Å²) in [6.07, 6.45) is 1.23. The highest BCUT2D eigenvalue weighted by molar-refractivity contribution is 7.99. The highest BCUT2D eigenvalue weighted by atomic mass is 32.2. The van der Waals surface area contributed by atoms with Crippen molar-refractivity contribution in [2.75, 3.05) is 11.5 Å². The van der Waals surface area contributed by atoms with Crippen LogP contribution >= 0.6 is 11.8 Å². The van der Waals surface area contributed by atoms with Crippen molar-refractivity contribution in [3.63, 3.8) is 0 Å². The van der Waals surface area contributed by atoms with E-state index in [4.69, 9.17) is 0 Å². The Kier molecular flexibility index (Phi) is 7.66. The lowest BCUT2D eigenvalue weighted by molar-refractivity contribution is 0.0747. The molecule has 0 heterocycles. The van der Waals surface area contributed by atoms with Gasteiger partial charge in [-0.05, 0) is 43.3 Å². The van der Waals surface area contributed by atoms with E-state index in [1.165, 1.54) is 6.42 Å². The van der Waals surface area contributed by atoms with Crippen LogP contribution < -0.4 is 0 Å². The zero-order valence-corrected chi connectivity index (χ0v) is 12.7. The summed E-state index contributed by atoms with van der Waals surface area (Å²) in [5, 5.41) is 10.2. The first-order chi connectivity index (χ1) is 7.75. The van der Waals surface area contributed by atoms with Crippen LogP contribution in [-0.4, -0.2) is 22.2 Å². The van der Waals surface area contributed by atoms with E-state index in [9.17, 15) is 5.11 Å². The van der Waals surface area contributed by atoms with E-state index in [2.05, 4.69) is 39.2 Å². The molecule has 1 N–H and O–H groups in total. The maximum atomic E-state index is 10.2. The van der Waals surface area contributed by atoms with Gasteiger partial charge in [0.2, 0.25) is 0 Å². The van der Waals surface area contributed by atoms with E-state index in [0.29, 0.717) is 0 Å². The predicted octanol–water partition coefficient (Wildman–Crippen LogP) is 3.73. The SMILES string of the molecule is C=C(C)C#CC(C)(O)C(C)CSCCC(C)C. The van der Waals surface area contributed by atoms with Crippen molar-refractivity contribution in [3.05, 3.63) is 12.2 Å². The molecule has 17 heavy (non-hydrogen) atoms. The Morgan fingerprint density at radius 3 is 2.47 bits per heavy atom. The molecular weight excluding hydrogens is 228 g/mol. The molecule has 0 fully saturated rings. The van der Waals surface area contributed by atoms with Crippen molar-refractivity contribution in [2.24, 2.45) is 11.8 Å². The summed E-state index contributed by atoms with van der Waals surface area (Å²) in [6, 6.07) is 0. The molecule has 0 rings (SSSR count). The predicted molar refractivity (Wildman–Crippen MR) is 79.2 cm³/mol. The fourth-order valence-electron chi connectivity index (χ4n) is 1.10. The zero-order chi connectivity index (χ0) is 13.5. The Balaban J connectivity index is 4.08. The molecule has 0 aromatic rings. The molecule has 98 valence electrons. The van der Waals surface area contributed by atoms with Gasteiger partial charge in [0.05, 0.1) is 0 Å². The van der Waals surface area contributed by atoms with Gasteiger partial charge in [0.25, 0.3) is 0 Å². The van der Waals surface area contributed by atoms with Gasteiger partial charge < -0.3 is 5.11 Å². The van der Waals surface area contributed by atoms with Crippen LogP contribution in [-0.2, 0) is 0 Å². The molecular formula is C15H26OS. The first-order valence-corrected chi connectivity index (χ1v) is 7.40. The maximum Gasteiger partial charge on any atom is 0.126 e. The number of allylic oxidation sites excluding steroid dienone is 1. The number of hydrogen-bond donors (Lipinski definition) is 1. The second-order valence-electron chi connectivity index (χ2n) is 5.34. The highest BCUT2D eigenvalue weighted by Crippen LogP contribution is 2.22. The quantitative estimate of drug-likeness (QED) is 0.576. The van der Waals surface area contributed by atoms with Crippen molar-refractivity contribution in [3.8, 4) is 11.8 Å². The summed E-state index contributed by atoms with van der Waals surface area (Å²) >= 11 is 1.90. The zero-order valence-electron chi connectivity index (χ0n) is 11.8. The Labute approximate surface area is 111 Å². The van der Waals surface area contributed by atoms with Gasteiger partial charge in [-0.15, -0.1) is 0 Å². The smallest absolute Gasteiger partial charge is 0.126 e. The molecule has 0 spiro atoms. The van der Waals surface area contributed by atoms with Gasteiger partial charge in [-0.1, -0.05) is 39.2 Å². The van der Waals surface area contributed by atoms with Gasteiger partial charge in [-0.2, -0.15) is 11.8 Å². The van der Waals surface area contributed by atoms with E-state index in [-0.39, 0.29) is 5.92 Å². The monoisotopic (exact) mass is 254 g/mol. The van der Waals surface area contributed by atoms with Crippen molar-refractivity contribution in [1.82, 2.24) is 0 Å². The largest absolute Gasteiger partial charge is 0.378 e.